The van der Waals surface area contributed by atoms with Gasteiger partial charge in [-0.1, -0.05) is 12.0 Å². The summed E-state index contributed by atoms with van der Waals surface area (Å²) in [6, 6.07) is 6.02. The number of ether oxygens (including phenoxy) is 1. The Kier molecular flexibility index (Phi) is 6.91. The Morgan fingerprint density at radius 3 is 2.80 bits per heavy atom. The van der Waals surface area contributed by atoms with Crippen molar-refractivity contribution < 1.29 is 17.9 Å². The Labute approximate surface area is 235 Å². The number of likely N-dealkylation sites (tertiary alicyclic amines) is 1. The van der Waals surface area contributed by atoms with Gasteiger partial charge in [-0.25, -0.2) is 18.2 Å². The quantitative estimate of drug-likeness (QED) is 0.248. The molecule has 41 heavy (non-hydrogen) atoms. The van der Waals surface area contributed by atoms with Crippen molar-refractivity contribution in [1.29, 1.82) is 0 Å². The van der Waals surface area contributed by atoms with Gasteiger partial charge in [0.15, 0.2) is 5.82 Å². The summed E-state index contributed by atoms with van der Waals surface area (Å²) in [4.78, 5) is 15.9. The fourth-order valence-corrected chi connectivity index (χ4v) is 5.79. The molecule has 0 spiro atoms. The molecule has 6 rings (SSSR count). The molecule has 210 valence electrons. The minimum absolute atomic E-state index is 0.00141. The molecule has 4 heterocycles. The number of rotatable bonds is 4. The summed E-state index contributed by atoms with van der Waals surface area (Å²) in [5.74, 6) is 1.30. The lowest BCUT2D eigenvalue weighted by Gasteiger charge is -2.31. The van der Waals surface area contributed by atoms with Crippen LogP contribution in [0.5, 0.6) is 6.01 Å². The predicted molar refractivity (Wildman–Crippen MR) is 154 cm³/mol. The van der Waals surface area contributed by atoms with E-state index in [1.165, 1.54) is 6.07 Å². The molecule has 10 heteroatoms. The van der Waals surface area contributed by atoms with E-state index in [0.717, 1.165) is 6.54 Å². The highest BCUT2D eigenvalue weighted by Gasteiger charge is 2.28. The maximum absolute atomic E-state index is 16.6. The summed E-state index contributed by atoms with van der Waals surface area (Å²) in [5, 5.41) is 4.70. The van der Waals surface area contributed by atoms with Crippen molar-refractivity contribution in [3.05, 3.63) is 59.1 Å². The molecule has 3 N–H and O–H groups in total. The normalized spacial score (nSPS) is 20.1. The number of hydrogen-bond acceptors (Lipinski definition) is 7. The summed E-state index contributed by atoms with van der Waals surface area (Å²) in [7, 11) is 1.97. The van der Waals surface area contributed by atoms with Crippen molar-refractivity contribution in [1.82, 2.24) is 19.9 Å². The van der Waals surface area contributed by atoms with Gasteiger partial charge in [-0.05, 0) is 62.4 Å². The van der Waals surface area contributed by atoms with Crippen molar-refractivity contribution in [2.75, 3.05) is 37.8 Å². The average molecular weight is 559 g/mol. The van der Waals surface area contributed by atoms with Gasteiger partial charge in [0.2, 0.25) is 0 Å². The number of nitrogen functional groups attached to an aromatic ring is 1. The summed E-state index contributed by atoms with van der Waals surface area (Å²) >= 11 is 0. The molecule has 4 aromatic rings. The molecular formula is C31H29F3N6O. The molecule has 2 aliphatic heterocycles. The Morgan fingerprint density at radius 2 is 2.02 bits per heavy atom. The lowest BCUT2D eigenvalue weighted by Crippen LogP contribution is -2.36. The topological polar surface area (TPSA) is 89.2 Å². The number of hydrogen-bond donors (Lipinski definition) is 2. The van der Waals surface area contributed by atoms with Gasteiger partial charge in [0, 0.05) is 41.7 Å². The number of pyridine rings is 1. The second-order valence-electron chi connectivity index (χ2n) is 10.8. The van der Waals surface area contributed by atoms with E-state index in [4.69, 9.17) is 21.9 Å². The fourth-order valence-electron chi connectivity index (χ4n) is 5.79. The molecule has 2 aromatic carbocycles. The van der Waals surface area contributed by atoms with Crippen LogP contribution < -0.4 is 15.8 Å². The molecule has 2 aliphatic rings. The van der Waals surface area contributed by atoms with E-state index < -0.39 is 11.6 Å². The molecule has 0 aliphatic carbocycles. The van der Waals surface area contributed by atoms with E-state index in [2.05, 4.69) is 26.1 Å². The van der Waals surface area contributed by atoms with Gasteiger partial charge in [0.1, 0.15) is 22.8 Å². The predicted octanol–water partition coefficient (Wildman–Crippen LogP) is 5.62. The van der Waals surface area contributed by atoms with Gasteiger partial charge in [0.25, 0.3) is 0 Å². The van der Waals surface area contributed by atoms with E-state index in [1.807, 2.05) is 14.0 Å². The number of anilines is 2. The van der Waals surface area contributed by atoms with Crippen LogP contribution in [0.4, 0.5) is 24.7 Å². The van der Waals surface area contributed by atoms with Crippen molar-refractivity contribution >= 4 is 33.2 Å². The third-order valence-electron chi connectivity index (χ3n) is 7.92. The molecule has 1 saturated heterocycles. The molecule has 1 fully saturated rings. The monoisotopic (exact) mass is 558 g/mol. The minimum atomic E-state index is -0.727. The lowest BCUT2D eigenvalue weighted by atomic mass is 9.94. The number of nitrogens with one attached hydrogen (secondary N) is 1. The van der Waals surface area contributed by atoms with E-state index in [0.29, 0.717) is 71.1 Å². The summed E-state index contributed by atoms with van der Waals surface area (Å²) in [6.07, 6.45) is 8.17. The second kappa shape index (κ2) is 10.6. The van der Waals surface area contributed by atoms with Gasteiger partial charge in [0.05, 0.1) is 29.6 Å². The Morgan fingerprint density at radius 1 is 1.20 bits per heavy atom. The minimum Gasteiger partial charge on any atom is -0.463 e. The van der Waals surface area contributed by atoms with E-state index in [-0.39, 0.29) is 46.9 Å². The molecule has 0 amide bonds. The van der Waals surface area contributed by atoms with Crippen molar-refractivity contribution in [2.45, 2.75) is 32.2 Å². The molecule has 2 unspecified atom stereocenters. The highest BCUT2D eigenvalue weighted by molar-refractivity contribution is 6.04. The number of piperidine rings is 1. The van der Waals surface area contributed by atoms with Crippen LogP contribution in [0, 0.1) is 29.9 Å². The molecular weight excluding hydrogens is 529 g/mol. The molecule has 0 saturated carbocycles. The zero-order chi connectivity index (χ0) is 28.8. The fraction of sp³-hybridized carbons (Fsp3) is 0.323. The molecule has 2 aromatic heterocycles. The second-order valence-corrected chi connectivity index (χ2v) is 10.8. The first-order chi connectivity index (χ1) is 19.8. The zero-order valence-electron chi connectivity index (χ0n) is 22.8. The van der Waals surface area contributed by atoms with E-state index in [1.54, 1.807) is 18.2 Å². The van der Waals surface area contributed by atoms with Gasteiger partial charge in [-0.15, -0.1) is 6.42 Å². The van der Waals surface area contributed by atoms with Gasteiger partial charge < -0.3 is 20.7 Å². The highest BCUT2D eigenvalue weighted by atomic mass is 19.1. The van der Waals surface area contributed by atoms with Crippen molar-refractivity contribution in [3.8, 4) is 29.6 Å². The molecule has 2 atom stereocenters. The Bertz CT molecular complexity index is 1770. The van der Waals surface area contributed by atoms with Crippen LogP contribution in [0.2, 0.25) is 0 Å². The third-order valence-corrected chi connectivity index (χ3v) is 7.92. The maximum Gasteiger partial charge on any atom is 0.319 e. The summed E-state index contributed by atoms with van der Waals surface area (Å²) in [6.45, 7) is 3.52. The largest absolute Gasteiger partial charge is 0.463 e. The number of fused-ring (bicyclic) bond motifs is 1. The third kappa shape index (κ3) is 4.80. The number of terminal acetylenes is 1. The first kappa shape index (κ1) is 26.8. The maximum atomic E-state index is 16.6. The number of nitrogens with two attached hydrogens (primary N) is 1. The molecule has 0 radical (unpaired) electrons. The first-order valence-electron chi connectivity index (χ1n) is 13.5. The van der Waals surface area contributed by atoms with Crippen LogP contribution in [-0.2, 0) is 6.42 Å². The van der Waals surface area contributed by atoms with Crippen LogP contribution in [0.25, 0.3) is 32.9 Å². The Hall–Kier alpha value is -4.36. The number of aromatic nitrogens is 3. The van der Waals surface area contributed by atoms with E-state index in [9.17, 15) is 8.78 Å². The first-order valence-corrected chi connectivity index (χ1v) is 13.5. The van der Waals surface area contributed by atoms with Crippen LogP contribution in [-0.4, -0.2) is 52.6 Å². The number of nitrogens with zero attached hydrogens (tertiary/aromatic N) is 4. The number of halogens is 3. The average Bonchev–Trinajstić information content (AvgIpc) is 3.11. The van der Waals surface area contributed by atoms with Gasteiger partial charge in [-0.2, -0.15) is 9.97 Å². The molecule has 0 bridgehead atoms. The molecule has 7 nitrogen and oxygen atoms in total. The van der Waals surface area contributed by atoms with Crippen LogP contribution in [0.3, 0.4) is 0 Å². The van der Waals surface area contributed by atoms with Crippen LogP contribution in [0.1, 0.15) is 31.0 Å². The van der Waals surface area contributed by atoms with Gasteiger partial charge in [-0.3, -0.25) is 0 Å². The van der Waals surface area contributed by atoms with Crippen LogP contribution in [0.15, 0.2) is 36.2 Å². The lowest BCUT2D eigenvalue weighted by molar-refractivity contribution is 0.180. The van der Waals surface area contributed by atoms with Crippen LogP contribution >= 0.6 is 0 Å². The zero-order valence-corrected chi connectivity index (χ0v) is 22.8. The number of aryl methyl sites for hydroxylation is 1. The standard InChI is InChI=1S/C31H29F3N6O/c1-4-21-23(33)7-6-17-11-20(35)12-22(25(17)21)28-27(34)29-26-24(37-28)8-5-16(2)36-30(26)39-31(38-29)41-15-19-14-40(3)10-9-18(19)13-32/h1,6-7,11-13,16,19H,5,8-10,14-15,35H2,2-3H3,(H,36,38,39)/b18-13+. The Balaban J connectivity index is 1.53. The van der Waals surface area contributed by atoms with E-state index >= 15 is 4.39 Å². The highest BCUT2D eigenvalue weighted by Crippen LogP contribution is 2.40. The number of benzene rings is 2. The van der Waals surface area contributed by atoms with Crippen molar-refractivity contribution in [3.63, 3.8) is 0 Å². The summed E-state index contributed by atoms with van der Waals surface area (Å²) < 4.78 is 50.9. The SMILES string of the molecule is C#Cc1c(F)ccc2cc(N)cc(-c3nc4c5c(nc(OCC6CN(C)CC/C6=C\F)nc5c3F)NC(C)CC4)c12. The van der Waals surface area contributed by atoms with Gasteiger partial charge >= 0.3 is 6.01 Å². The van der Waals surface area contributed by atoms with Crippen molar-refractivity contribution in [2.24, 2.45) is 5.92 Å². The smallest absolute Gasteiger partial charge is 0.319 e. The summed E-state index contributed by atoms with van der Waals surface area (Å²) in [5.41, 5.74) is 8.06.